The fourth-order valence-corrected chi connectivity index (χ4v) is 10.5. The van der Waals surface area contributed by atoms with Crippen molar-refractivity contribution >= 4 is 43.4 Å². The van der Waals surface area contributed by atoms with Gasteiger partial charge in [0.15, 0.2) is 0 Å². The number of nitrogens with one attached hydrogen (secondary N) is 2. The quantitative estimate of drug-likeness (QED) is 0.0964. The predicted octanol–water partition coefficient (Wildman–Crippen LogP) is 9.29. The van der Waals surface area contributed by atoms with Crippen LogP contribution in [-0.4, -0.2) is 38.9 Å². The molecule has 2 amide bonds. The fraction of sp³-hybridized carbons (Fsp3) is 0.148. The van der Waals surface area contributed by atoms with Gasteiger partial charge in [0.25, 0.3) is 0 Å². The van der Waals surface area contributed by atoms with Crippen LogP contribution in [0.1, 0.15) is 55.6 Å². The van der Waals surface area contributed by atoms with Gasteiger partial charge in [-0.15, -0.1) is 0 Å². The number of carbonyl (C=O) groups is 2. The van der Waals surface area contributed by atoms with Crippen molar-refractivity contribution in [3.63, 3.8) is 0 Å². The zero-order chi connectivity index (χ0) is 47.7. The summed E-state index contributed by atoms with van der Waals surface area (Å²) in [6.45, 7) is 3.67. The highest BCUT2D eigenvalue weighted by Gasteiger charge is 2.29. The molecule has 0 atom stereocenters. The number of rotatable bonds is 10. The van der Waals surface area contributed by atoms with E-state index in [0.29, 0.717) is 33.6 Å². The lowest BCUT2D eigenvalue weighted by molar-refractivity contribution is -0.118. The molecule has 68 heavy (non-hydrogen) atoms. The SMILES string of the molecule is Cc1ccc(S(=O)(=O)Oc2c3cc(NC(=O)C4C=CC=C4)cc2Cc2cccc(c2O)Cc2cc(NC(=O)C4C=CC=C4)cc(c2OS(=O)(=O)c2ccc(C)cc2)Cc2cccc(c2O)C3)cc1. The highest BCUT2D eigenvalue weighted by molar-refractivity contribution is 7.87. The Morgan fingerprint density at radius 1 is 0.471 bits per heavy atom. The lowest BCUT2D eigenvalue weighted by atomic mass is 9.91. The molecular formula is C54H46N2O10S2. The Hall–Kier alpha value is -7.68. The van der Waals surface area contributed by atoms with Crippen molar-refractivity contribution in [1.82, 2.24) is 0 Å². The molecule has 0 unspecified atom stereocenters. The summed E-state index contributed by atoms with van der Waals surface area (Å²) in [6, 6.07) is 28.9. The van der Waals surface area contributed by atoms with E-state index in [4.69, 9.17) is 8.37 Å². The van der Waals surface area contributed by atoms with Crippen LogP contribution in [0.25, 0.3) is 0 Å². The van der Waals surface area contributed by atoms with Gasteiger partial charge in [-0.2, -0.15) is 16.8 Å². The lowest BCUT2D eigenvalue weighted by Crippen LogP contribution is -2.20. The summed E-state index contributed by atoms with van der Waals surface area (Å²) in [5, 5.41) is 30.4. The average Bonchev–Trinajstić information content (AvgIpc) is 4.05. The van der Waals surface area contributed by atoms with Crippen LogP contribution < -0.4 is 19.0 Å². The van der Waals surface area contributed by atoms with Gasteiger partial charge in [0.05, 0.1) is 11.8 Å². The Balaban J connectivity index is 1.24. The van der Waals surface area contributed by atoms with Gasteiger partial charge in [0.2, 0.25) is 11.8 Å². The molecule has 0 aliphatic heterocycles. The first kappa shape index (κ1) is 45.5. The minimum atomic E-state index is -4.47. The predicted molar refractivity (Wildman–Crippen MR) is 259 cm³/mol. The number of benzene rings is 6. The largest absolute Gasteiger partial charge is 0.507 e. The van der Waals surface area contributed by atoms with Gasteiger partial charge in [0.1, 0.15) is 32.8 Å². The third-order valence-electron chi connectivity index (χ3n) is 12.1. The molecule has 0 radical (unpaired) electrons. The van der Waals surface area contributed by atoms with E-state index in [-0.39, 0.29) is 92.5 Å². The van der Waals surface area contributed by atoms with E-state index in [0.717, 1.165) is 11.1 Å². The average molecular weight is 947 g/mol. The number of amides is 2. The second-order valence-corrected chi connectivity index (χ2v) is 20.2. The number of carbonyl (C=O) groups excluding carboxylic acids is 2. The summed E-state index contributed by atoms with van der Waals surface area (Å²) >= 11 is 0. The summed E-state index contributed by atoms with van der Waals surface area (Å²) in [6.07, 6.45) is 13.6. The van der Waals surface area contributed by atoms with Crippen LogP contribution >= 0.6 is 0 Å². The van der Waals surface area contributed by atoms with Gasteiger partial charge >= 0.3 is 20.2 Å². The smallest absolute Gasteiger partial charge is 0.339 e. The van der Waals surface area contributed by atoms with Crippen molar-refractivity contribution in [2.75, 3.05) is 10.6 Å². The Kier molecular flexibility index (Phi) is 12.4. The number of hydrogen-bond donors (Lipinski definition) is 4. The number of phenols is 2. The van der Waals surface area contributed by atoms with Gasteiger partial charge in [-0.05, 0) is 84.6 Å². The van der Waals surface area contributed by atoms with E-state index < -0.39 is 32.1 Å². The highest BCUT2D eigenvalue weighted by Crippen LogP contribution is 2.42. The standard InChI is InChI=1S/C54H46N2O10S2/c1-33-17-21-47(22-18-33)67(61,62)65-51-41-25-37-13-7-15-39(49(37)57)27-43-31-46(56-54(60)36-11-5-6-12-36)32-44(52(43)66-68(63,64)48-23-19-34(2)20-24-48)28-40-16-8-14-38(50(40)58)26-42(51)30-45(29-41)55-53(59)35-9-3-4-10-35/h3-24,29-32,35-36,57-58H,25-28H2,1-2H3,(H,55,59)(H,56,60). The molecule has 0 spiro atoms. The van der Waals surface area contributed by atoms with Crippen LogP contribution in [0.15, 0.2) is 168 Å². The monoisotopic (exact) mass is 946 g/mol. The minimum absolute atomic E-state index is 0.0551. The molecule has 8 bridgehead atoms. The van der Waals surface area contributed by atoms with Crippen molar-refractivity contribution in [2.24, 2.45) is 11.8 Å². The van der Waals surface area contributed by atoms with E-state index in [9.17, 15) is 36.6 Å². The van der Waals surface area contributed by atoms with Crippen LogP contribution in [-0.2, 0) is 55.5 Å². The van der Waals surface area contributed by atoms with Gasteiger partial charge in [-0.25, -0.2) is 0 Å². The molecule has 6 aromatic carbocycles. The van der Waals surface area contributed by atoms with Crippen molar-refractivity contribution in [3.8, 4) is 23.0 Å². The molecule has 9 rings (SSSR count). The fourth-order valence-electron chi connectivity index (χ4n) is 8.46. The summed E-state index contributed by atoms with van der Waals surface area (Å²) in [5.41, 5.74) is 4.85. The molecule has 3 aliphatic rings. The number of fused-ring (bicyclic) bond motifs is 8. The highest BCUT2D eigenvalue weighted by atomic mass is 32.2. The van der Waals surface area contributed by atoms with Crippen LogP contribution in [0.3, 0.4) is 0 Å². The molecule has 344 valence electrons. The maximum absolute atomic E-state index is 14.1. The van der Waals surface area contributed by atoms with Crippen molar-refractivity contribution in [1.29, 1.82) is 0 Å². The molecule has 0 saturated carbocycles. The molecule has 6 aromatic rings. The third-order valence-corrected chi connectivity index (χ3v) is 14.5. The third kappa shape index (κ3) is 9.73. The summed E-state index contributed by atoms with van der Waals surface area (Å²) in [5.74, 6) is -2.24. The Bertz CT molecular complexity index is 3020. The number of phenolic OH excluding ortho intramolecular Hbond substituents is 2. The topological polar surface area (TPSA) is 185 Å². The maximum atomic E-state index is 14.1. The normalized spacial score (nSPS) is 14.5. The zero-order valence-corrected chi connectivity index (χ0v) is 38.6. The van der Waals surface area contributed by atoms with Gasteiger partial charge in [0, 0.05) is 59.3 Å². The van der Waals surface area contributed by atoms with Crippen LogP contribution in [0, 0.1) is 25.7 Å². The van der Waals surface area contributed by atoms with Gasteiger partial charge < -0.3 is 29.2 Å². The first-order valence-corrected chi connectivity index (χ1v) is 24.7. The van der Waals surface area contributed by atoms with Crippen molar-refractivity contribution in [3.05, 3.63) is 213 Å². The van der Waals surface area contributed by atoms with E-state index in [1.165, 1.54) is 24.3 Å². The van der Waals surface area contributed by atoms with Crippen molar-refractivity contribution in [2.45, 2.75) is 49.3 Å². The number of aromatic hydroxyl groups is 2. The Morgan fingerprint density at radius 2 is 0.765 bits per heavy atom. The molecule has 3 aliphatic carbocycles. The second-order valence-electron chi connectivity index (χ2n) is 17.1. The number of hydrogen-bond acceptors (Lipinski definition) is 10. The Labute approximate surface area is 394 Å². The maximum Gasteiger partial charge on any atom is 0.339 e. The first-order chi connectivity index (χ1) is 32.6. The van der Waals surface area contributed by atoms with E-state index in [2.05, 4.69) is 10.6 Å². The number of allylic oxidation sites excluding steroid dienone is 4. The lowest BCUT2D eigenvalue weighted by Gasteiger charge is -2.22. The van der Waals surface area contributed by atoms with E-state index in [1.54, 1.807) is 134 Å². The van der Waals surface area contributed by atoms with E-state index >= 15 is 0 Å². The molecule has 0 aromatic heterocycles. The molecule has 0 fully saturated rings. The summed E-state index contributed by atoms with van der Waals surface area (Å²) in [7, 11) is -8.95. The number of para-hydroxylation sites is 2. The van der Waals surface area contributed by atoms with Gasteiger partial charge in [-0.3, -0.25) is 9.59 Å². The molecule has 4 N–H and O–H groups in total. The minimum Gasteiger partial charge on any atom is -0.507 e. The summed E-state index contributed by atoms with van der Waals surface area (Å²) in [4.78, 5) is 26.9. The first-order valence-electron chi connectivity index (χ1n) is 21.9. The number of aryl methyl sites for hydroxylation is 2. The molecule has 0 saturated heterocycles. The zero-order valence-electron chi connectivity index (χ0n) is 37.0. The van der Waals surface area contributed by atoms with Crippen molar-refractivity contribution < 1.29 is 45.0 Å². The molecule has 14 heteroatoms. The number of anilines is 2. The molecule has 12 nitrogen and oxygen atoms in total. The molecule has 0 heterocycles. The van der Waals surface area contributed by atoms with E-state index in [1.807, 2.05) is 13.8 Å². The van der Waals surface area contributed by atoms with Crippen LogP contribution in [0.4, 0.5) is 11.4 Å². The second kappa shape index (κ2) is 18.5. The van der Waals surface area contributed by atoms with Crippen LogP contribution in [0.5, 0.6) is 23.0 Å². The summed E-state index contributed by atoms with van der Waals surface area (Å²) < 4.78 is 68.8. The van der Waals surface area contributed by atoms with Gasteiger partial charge in [-0.1, -0.05) is 120 Å². The Morgan fingerprint density at radius 3 is 1.06 bits per heavy atom. The molecular weight excluding hydrogens is 901 g/mol. The van der Waals surface area contributed by atoms with Crippen LogP contribution in [0.2, 0.25) is 0 Å².